The first-order valence-electron chi connectivity index (χ1n) is 5.28. The van der Waals surface area contributed by atoms with Crippen molar-refractivity contribution in [1.29, 1.82) is 0 Å². The molecule has 16 heavy (non-hydrogen) atoms. The van der Waals surface area contributed by atoms with Gasteiger partial charge in [0.05, 0.1) is 12.5 Å². The Balaban J connectivity index is 2.56. The van der Waals surface area contributed by atoms with Crippen LogP contribution >= 0.6 is 0 Å². The first-order valence-corrected chi connectivity index (χ1v) is 5.28. The zero-order chi connectivity index (χ0) is 12.0. The molecular weight excluding hydrogens is 206 g/mol. The molecule has 0 aliphatic carbocycles. The molecule has 1 aromatic carbocycles. The van der Waals surface area contributed by atoms with E-state index in [1.165, 1.54) is 0 Å². The van der Waals surface area contributed by atoms with Crippen LogP contribution in [0.1, 0.15) is 24.8 Å². The van der Waals surface area contributed by atoms with E-state index in [1.54, 1.807) is 19.1 Å². The second-order valence-corrected chi connectivity index (χ2v) is 3.64. The lowest BCUT2D eigenvalue weighted by Crippen LogP contribution is -2.14. The minimum atomic E-state index is -0.331. The summed E-state index contributed by atoms with van der Waals surface area (Å²) in [7, 11) is 0. The van der Waals surface area contributed by atoms with Crippen molar-refractivity contribution in [2.45, 2.75) is 19.3 Å². The van der Waals surface area contributed by atoms with E-state index in [1.807, 2.05) is 12.1 Å². The molecule has 0 amide bonds. The molecule has 1 rings (SSSR count). The number of hydrogen-bond acceptors (Lipinski definition) is 4. The number of nitrogens with two attached hydrogens (primary N) is 1. The Hall–Kier alpha value is -1.55. The first kappa shape index (κ1) is 12.5. The molecule has 0 saturated carbocycles. The summed E-state index contributed by atoms with van der Waals surface area (Å²) < 4.78 is 5.00. The summed E-state index contributed by atoms with van der Waals surface area (Å²) in [6.45, 7) is 2.05. The lowest BCUT2D eigenvalue weighted by atomic mass is 10.0. The van der Waals surface area contributed by atoms with Crippen LogP contribution in [-0.2, 0) is 9.53 Å². The maximum atomic E-state index is 11.6. The normalized spacial score (nSPS) is 12.1. The number of anilines is 1. The van der Waals surface area contributed by atoms with Gasteiger partial charge in [0.1, 0.15) is 0 Å². The average molecular weight is 223 g/mol. The van der Waals surface area contributed by atoms with E-state index in [0.29, 0.717) is 12.1 Å². The van der Waals surface area contributed by atoms with E-state index in [2.05, 4.69) is 0 Å². The second kappa shape index (κ2) is 6.12. The van der Waals surface area contributed by atoms with Crippen LogP contribution in [0.5, 0.6) is 0 Å². The number of benzene rings is 1. The van der Waals surface area contributed by atoms with Crippen LogP contribution in [0.25, 0.3) is 0 Å². The van der Waals surface area contributed by atoms with Crippen LogP contribution in [0.15, 0.2) is 24.3 Å². The maximum Gasteiger partial charge on any atom is 0.313 e. The lowest BCUT2D eigenvalue weighted by Gasteiger charge is -2.11. The number of hydrogen-bond donors (Lipinski definition) is 2. The summed E-state index contributed by atoms with van der Waals surface area (Å²) in [5.74, 6) is -0.624. The van der Waals surface area contributed by atoms with E-state index < -0.39 is 0 Å². The fraction of sp³-hybridized carbons (Fsp3) is 0.417. The number of aliphatic hydroxyl groups is 1. The Kier molecular flexibility index (Phi) is 4.79. The highest BCUT2D eigenvalue weighted by molar-refractivity contribution is 5.78. The van der Waals surface area contributed by atoms with E-state index in [0.717, 1.165) is 5.56 Å². The Bertz CT molecular complexity index is 352. The number of rotatable bonds is 5. The SMILES string of the molecule is CC(C(=O)OCCCO)c1cccc(N)c1. The monoisotopic (exact) mass is 223 g/mol. The summed E-state index contributed by atoms with van der Waals surface area (Å²) in [6, 6.07) is 7.18. The highest BCUT2D eigenvalue weighted by Crippen LogP contribution is 2.18. The van der Waals surface area contributed by atoms with Gasteiger partial charge in [0.25, 0.3) is 0 Å². The zero-order valence-electron chi connectivity index (χ0n) is 9.35. The molecule has 0 aromatic heterocycles. The summed E-state index contributed by atoms with van der Waals surface area (Å²) in [4.78, 5) is 11.6. The lowest BCUT2D eigenvalue weighted by molar-refractivity contribution is -0.145. The summed E-state index contributed by atoms with van der Waals surface area (Å²) >= 11 is 0. The van der Waals surface area contributed by atoms with Gasteiger partial charge in [-0.2, -0.15) is 0 Å². The maximum absolute atomic E-state index is 11.6. The van der Waals surface area contributed by atoms with Crippen LogP contribution in [0.3, 0.4) is 0 Å². The Labute approximate surface area is 95.0 Å². The van der Waals surface area contributed by atoms with E-state index in [9.17, 15) is 4.79 Å². The average Bonchev–Trinajstić information content (AvgIpc) is 2.28. The van der Waals surface area contributed by atoms with Crippen molar-refractivity contribution in [3.8, 4) is 0 Å². The molecule has 0 radical (unpaired) electrons. The topological polar surface area (TPSA) is 72.5 Å². The van der Waals surface area contributed by atoms with Gasteiger partial charge >= 0.3 is 5.97 Å². The van der Waals surface area contributed by atoms with Gasteiger partial charge in [-0.25, -0.2) is 0 Å². The van der Waals surface area contributed by atoms with Gasteiger partial charge in [-0.15, -0.1) is 0 Å². The molecule has 0 spiro atoms. The number of aliphatic hydroxyl groups excluding tert-OH is 1. The summed E-state index contributed by atoms with van der Waals surface area (Å²) in [6.07, 6.45) is 0.468. The fourth-order valence-electron chi connectivity index (χ4n) is 1.33. The molecule has 0 aliphatic heterocycles. The van der Waals surface area contributed by atoms with Gasteiger partial charge in [-0.05, 0) is 24.6 Å². The van der Waals surface area contributed by atoms with Crippen molar-refractivity contribution in [1.82, 2.24) is 0 Å². The van der Waals surface area contributed by atoms with Crippen LogP contribution in [-0.4, -0.2) is 24.3 Å². The second-order valence-electron chi connectivity index (χ2n) is 3.64. The van der Waals surface area contributed by atoms with Gasteiger partial charge in [0.15, 0.2) is 0 Å². The number of carbonyl (C=O) groups is 1. The summed E-state index contributed by atoms with van der Waals surface area (Å²) in [5, 5.41) is 8.56. The van der Waals surface area contributed by atoms with E-state index in [4.69, 9.17) is 15.6 Å². The molecule has 0 aliphatic rings. The van der Waals surface area contributed by atoms with E-state index >= 15 is 0 Å². The van der Waals surface area contributed by atoms with Crippen LogP contribution in [0.2, 0.25) is 0 Å². The molecule has 0 heterocycles. The van der Waals surface area contributed by atoms with Gasteiger partial charge in [-0.3, -0.25) is 4.79 Å². The third-order valence-corrected chi connectivity index (χ3v) is 2.31. The van der Waals surface area contributed by atoms with Gasteiger partial charge in [0, 0.05) is 18.7 Å². The van der Waals surface area contributed by atoms with Crippen molar-refractivity contribution < 1.29 is 14.6 Å². The molecule has 4 heteroatoms. The standard InChI is InChI=1S/C12H17NO3/c1-9(12(15)16-7-3-6-14)10-4-2-5-11(13)8-10/h2,4-5,8-9,14H,3,6-7,13H2,1H3. The minimum Gasteiger partial charge on any atom is -0.465 e. The molecule has 0 bridgehead atoms. The summed E-state index contributed by atoms with van der Waals surface area (Å²) in [5.41, 5.74) is 7.11. The molecule has 1 aromatic rings. The first-order chi connectivity index (χ1) is 7.65. The minimum absolute atomic E-state index is 0.0277. The Morgan fingerprint density at radius 3 is 2.94 bits per heavy atom. The quantitative estimate of drug-likeness (QED) is 0.448. The molecule has 4 nitrogen and oxygen atoms in total. The van der Waals surface area contributed by atoms with Crippen molar-refractivity contribution in [2.24, 2.45) is 0 Å². The third kappa shape index (κ3) is 3.55. The number of carbonyl (C=O) groups excluding carboxylic acids is 1. The molecule has 0 saturated heterocycles. The number of ether oxygens (including phenoxy) is 1. The van der Waals surface area contributed by atoms with Crippen LogP contribution < -0.4 is 5.73 Å². The van der Waals surface area contributed by atoms with Crippen LogP contribution in [0, 0.1) is 0 Å². The highest BCUT2D eigenvalue weighted by Gasteiger charge is 2.16. The van der Waals surface area contributed by atoms with Crippen LogP contribution in [0.4, 0.5) is 5.69 Å². The predicted molar refractivity (Wildman–Crippen MR) is 61.9 cm³/mol. The van der Waals surface area contributed by atoms with Gasteiger partial charge in [-0.1, -0.05) is 12.1 Å². The van der Waals surface area contributed by atoms with Gasteiger partial charge < -0.3 is 15.6 Å². The smallest absolute Gasteiger partial charge is 0.313 e. The molecule has 1 unspecified atom stereocenters. The third-order valence-electron chi connectivity index (χ3n) is 2.31. The van der Waals surface area contributed by atoms with Crippen molar-refractivity contribution in [3.63, 3.8) is 0 Å². The molecular formula is C12H17NO3. The predicted octanol–water partition coefficient (Wildman–Crippen LogP) is 1.30. The van der Waals surface area contributed by atoms with Gasteiger partial charge in [0.2, 0.25) is 0 Å². The van der Waals surface area contributed by atoms with Crippen molar-refractivity contribution in [3.05, 3.63) is 29.8 Å². The highest BCUT2D eigenvalue weighted by atomic mass is 16.5. The Morgan fingerprint density at radius 2 is 2.31 bits per heavy atom. The Morgan fingerprint density at radius 1 is 1.56 bits per heavy atom. The van der Waals surface area contributed by atoms with Crippen molar-refractivity contribution >= 4 is 11.7 Å². The fourth-order valence-corrected chi connectivity index (χ4v) is 1.33. The molecule has 3 N–H and O–H groups in total. The van der Waals surface area contributed by atoms with Crippen molar-refractivity contribution in [2.75, 3.05) is 18.9 Å². The number of nitrogen functional groups attached to an aromatic ring is 1. The molecule has 1 atom stereocenters. The van der Waals surface area contributed by atoms with E-state index in [-0.39, 0.29) is 25.1 Å². The largest absolute Gasteiger partial charge is 0.465 e. The molecule has 0 fully saturated rings. The zero-order valence-corrected chi connectivity index (χ0v) is 9.35. The molecule has 88 valence electrons. The number of esters is 1.